The van der Waals surface area contributed by atoms with E-state index in [1.54, 1.807) is 24.5 Å². The Balaban J connectivity index is 1.81. The van der Waals surface area contributed by atoms with Crippen LogP contribution in [0.2, 0.25) is 4.34 Å². The molecule has 1 atom stereocenters. The predicted molar refractivity (Wildman–Crippen MR) is 81.0 cm³/mol. The van der Waals surface area contributed by atoms with Gasteiger partial charge in [-0.25, -0.2) is 9.78 Å². The number of nitrogens with zero attached hydrogens (tertiary/aromatic N) is 3. The highest BCUT2D eigenvalue weighted by molar-refractivity contribution is 7.16. The average Bonchev–Trinajstić information content (AvgIpc) is 3.01. The van der Waals surface area contributed by atoms with E-state index < -0.39 is 0 Å². The highest BCUT2D eigenvalue weighted by atomic mass is 35.5. The van der Waals surface area contributed by atoms with E-state index in [0.29, 0.717) is 13.1 Å². The van der Waals surface area contributed by atoms with E-state index in [1.807, 2.05) is 29.8 Å². The molecule has 0 aliphatic heterocycles. The minimum absolute atomic E-state index is 0.0334. The maximum absolute atomic E-state index is 12.1. The lowest BCUT2D eigenvalue weighted by molar-refractivity contribution is 0.202. The van der Waals surface area contributed by atoms with E-state index >= 15 is 0 Å². The van der Waals surface area contributed by atoms with Gasteiger partial charge in [0.1, 0.15) is 0 Å². The first kappa shape index (κ1) is 14.9. The molecule has 20 heavy (non-hydrogen) atoms. The van der Waals surface area contributed by atoms with Gasteiger partial charge in [-0.2, -0.15) is 0 Å². The van der Waals surface area contributed by atoms with Crippen molar-refractivity contribution in [3.8, 4) is 0 Å². The van der Waals surface area contributed by atoms with Crippen LogP contribution >= 0.6 is 22.9 Å². The van der Waals surface area contributed by atoms with Crippen LogP contribution in [0.15, 0.2) is 30.9 Å². The summed E-state index contributed by atoms with van der Waals surface area (Å²) in [5.41, 5.74) is 0. The van der Waals surface area contributed by atoms with Crippen molar-refractivity contribution >= 4 is 29.0 Å². The summed E-state index contributed by atoms with van der Waals surface area (Å²) in [7, 11) is 1.77. The first-order chi connectivity index (χ1) is 9.54. The van der Waals surface area contributed by atoms with Gasteiger partial charge >= 0.3 is 6.03 Å². The Kier molecular flexibility index (Phi) is 5.03. The number of imidazole rings is 1. The molecule has 2 aromatic heterocycles. The molecule has 5 nitrogen and oxygen atoms in total. The van der Waals surface area contributed by atoms with E-state index in [4.69, 9.17) is 11.6 Å². The van der Waals surface area contributed by atoms with Crippen molar-refractivity contribution in [1.82, 2.24) is 19.8 Å². The lowest BCUT2D eigenvalue weighted by atomic mass is 10.3. The zero-order chi connectivity index (χ0) is 14.5. The summed E-state index contributed by atoms with van der Waals surface area (Å²) in [5.74, 6) is 0. The minimum atomic E-state index is -0.0952. The number of thiophene rings is 1. The molecule has 0 aliphatic carbocycles. The summed E-state index contributed by atoms with van der Waals surface area (Å²) in [6.07, 6.45) is 5.33. The third kappa shape index (κ3) is 4.25. The number of hydrogen-bond donors (Lipinski definition) is 1. The van der Waals surface area contributed by atoms with Crippen LogP contribution in [0.25, 0.3) is 0 Å². The van der Waals surface area contributed by atoms with E-state index in [0.717, 1.165) is 9.21 Å². The van der Waals surface area contributed by atoms with Gasteiger partial charge in [-0.15, -0.1) is 11.3 Å². The smallest absolute Gasteiger partial charge is 0.317 e. The molecule has 0 saturated carbocycles. The fraction of sp³-hybridized carbons (Fsp3) is 0.385. The molecule has 0 fully saturated rings. The summed E-state index contributed by atoms with van der Waals surface area (Å²) in [6.45, 7) is 3.22. The Labute approximate surface area is 127 Å². The van der Waals surface area contributed by atoms with Gasteiger partial charge in [0.2, 0.25) is 0 Å². The molecular formula is C13H17ClN4OS. The Morgan fingerprint density at radius 1 is 1.60 bits per heavy atom. The molecule has 0 radical (unpaired) electrons. The number of hydrogen-bond acceptors (Lipinski definition) is 3. The highest BCUT2D eigenvalue weighted by Gasteiger charge is 2.13. The van der Waals surface area contributed by atoms with Gasteiger partial charge < -0.3 is 14.8 Å². The number of carbonyl (C=O) groups is 1. The number of nitrogens with one attached hydrogen (secondary N) is 1. The normalized spacial score (nSPS) is 12.2. The lowest BCUT2D eigenvalue weighted by Gasteiger charge is -2.21. The van der Waals surface area contributed by atoms with Gasteiger partial charge in [0.15, 0.2) is 0 Å². The molecule has 2 rings (SSSR count). The van der Waals surface area contributed by atoms with Crippen LogP contribution in [0.4, 0.5) is 4.79 Å². The van der Waals surface area contributed by atoms with Crippen LogP contribution in [-0.4, -0.2) is 33.6 Å². The molecule has 0 bridgehead atoms. The first-order valence-electron chi connectivity index (χ1n) is 6.26. The number of halogens is 1. The number of aromatic nitrogens is 2. The van der Waals surface area contributed by atoms with Crippen LogP contribution < -0.4 is 5.32 Å². The van der Waals surface area contributed by atoms with Gasteiger partial charge in [-0.3, -0.25) is 0 Å². The fourth-order valence-corrected chi connectivity index (χ4v) is 2.96. The Bertz CT molecular complexity index is 554. The summed E-state index contributed by atoms with van der Waals surface area (Å²) in [5, 5.41) is 2.96. The molecule has 2 heterocycles. The highest BCUT2D eigenvalue weighted by Crippen LogP contribution is 2.22. The average molecular weight is 313 g/mol. The minimum Gasteiger partial charge on any atom is -0.335 e. The maximum atomic E-state index is 12.1. The lowest BCUT2D eigenvalue weighted by Crippen LogP contribution is -2.43. The summed E-state index contributed by atoms with van der Waals surface area (Å²) in [6, 6.07) is 3.72. The molecule has 1 N–H and O–H groups in total. The number of rotatable bonds is 5. The monoisotopic (exact) mass is 312 g/mol. The van der Waals surface area contributed by atoms with E-state index in [9.17, 15) is 4.79 Å². The third-order valence-corrected chi connectivity index (χ3v) is 4.00. The Morgan fingerprint density at radius 2 is 2.40 bits per heavy atom. The van der Waals surface area contributed by atoms with E-state index in [-0.39, 0.29) is 12.1 Å². The van der Waals surface area contributed by atoms with Crippen molar-refractivity contribution in [3.05, 3.63) is 40.1 Å². The van der Waals surface area contributed by atoms with Crippen molar-refractivity contribution in [1.29, 1.82) is 0 Å². The number of carbonyl (C=O) groups excluding carboxylic acids is 1. The molecule has 7 heteroatoms. The van der Waals surface area contributed by atoms with Gasteiger partial charge in [-0.05, 0) is 19.1 Å². The van der Waals surface area contributed by atoms with Crippen LogP contribution in [0.5, 0.6) is 0 Å². The molecule has 2 amide bonds. The Hall–Kier alpha value is -1.53. The molecule has 1 unspecified atom stereocenters. The van der Waals surface area contributed by atoms with Gasteiger partial charge in [-0.1, -0.05) is 11.6 Å². The molecule has 0 saturated heterocycles. The number of amides is 2. The SMILES string of the molecule is CC(Cn1ccnc1)NC(=O)N(C)Cc1ccc(Cl)s1. The van der Waals surface area contributed by atoms with Crippen molar-refractivity contribution in [3.63, 3.8) is 0 Å². The van der Waals surface area contributed by atoms with Crippen LogP contribution in [0.1, 0.15) is 11.8 Å². The summed E-state index contributed by atoms with van der Waals surface area (Å²) in [4.78, 5) is 18.7. The van der Waals surface area contributed by atoms with E-state index in [2.05, 4.69) is 10.3 Å². The zero-order valence-electron chi connectivity index (χ0n) is 11.4. The zero-order valence-corrected chi connectivity index (χ0v) is 13.0. The summed E-state index contributed by atoms with van der Waals surface area (Å²) >= 11 is 7.37. The maximum Gasteiger partial charge on any atom is 0.317 e. The largest absolute Gasteiger partial charge is 0.335 e. The first-order valence-corrected chi connectivity index (χ1v) is 7.45. The summed E-state index contributed by atoms with van der Waals surface area (Å²) < 4.78 is 2.67. The van der Waals surface area contributed by atoms with Crippen molar-refractivity contribution in [2.24, 2.45) is 0 Å². The quantitative estimate of drug-likeness (QED) is 0.923. The van der Waals surface area contributed by atoms with Gasteiger partial charge in [0, 0.05) is 36.9 Å². The second kappa shape index (κ2) is 6.76. The van der Waals surface area contributed by atoms with E-state index in [1.165, 1.54) is 11.3 Å². The van der Waals surface area contributed by atoms with Crippen molar-refractivity contribution in [2.75, 3.05) is 7.05 Å². The van der Waals surface area contributed by atoms with Crippen LogP contribution in [0.3, 0.4) is 0 Å². The van der Waals surface area contributed by atoms with Crippen molar-refractivity contribution < 1.29 is 4.79 Å². The predicted octanol–water partition coefficient (Wildman–Crippen LogP) is 2.83. The molecule has 108 valence electrons. The topological polar surface area (TPSA) is 50.2 Å². The molecule has 0 aliphatic rings. The second-order valence-corrected chi connectivity index (χ2v) is 6.47. The molecule has 2 aromatic rings. The molecular weight excluding hydrogens is 296 g/mol. The molecule has 0 aromatic carbocycles. The second-order valence-electron chi connectivity index (χ2n) is 4.67. The van der Waals surface area contributed by atoms with Crippen LogP contribution in [0, 0.1) is 0 Å². The molecule has 0 spiro atoms. The van der Waals surface area contributed by atoms with Crippen molar-refractivity contribution in [2.45, 2.75) is 26.1 Å². The standard InChI is InChI=1S/C13H17ClN4OS/c1-10(7-18-6-5-15-9-18)16-13(19)17(2)8-11-3-4-12(14)20-11/h3-6,9-10H,7-8H2,1-2H3,(H,16,19). The Morgan fingerprint density at radius 3 is 3.00 bits per heavy atom. The number of urea groups is 1. The fourth-order valence-electron chi connectivity index (χ4n) is 1.82. The van der Waals surface area contributed by atoms with Gasteiger partial charge in [0.05, 0.1) is 17.2 Å². The van der Waals surface area contributed by atoms with Crippen LogP contribution in [-0.2, 0) is 13.1 Å². The van der Waals surface area contributed by atoms with Gasteiger partial charge in [0.25, 0.3) is 0 Å². The third-order valence-electron chi connectivity index (χ3n) is 2.78.